The number of alkyl halides is 6. The maximum atomic E-state index is 13.2. The first kappa shape index (κ1) is 23.7. The van der Waals surface area contributed by atoms with Crippen molar-refractivity contribution in [3.05, 3.63) is 46.5 Å². The molecule has 4 rings (SSSR count). The van der Waals surface area contributed by atoms with Gasteiger partial charge in [-0.05, 0) is 54.2 Å². The van der Waals surface area contributed by atoms with Gasteiger partial charge in [-0.1, -0.05) is 39.3 Å². The molecule has 172 valence electrons. The van der Waals surface area contributed by atoms with E-state index in [0.717, 1.165) is 18.4 Å². The Labute approximate surface area is 178 Å². The van der Waals surface area contributed by atoms with Crippen molar-refractivity contribution in [2.24, 2.45) is 23.2 Å². The van der Waals surface area contributed by atoms with Crippen molar-refractivity contribution in [3.63, 3.8) is 0 Å². The molecular weight excluding hydrogens is 420 g/mol. The van der Waals surface area contributed by atoms with Gasteiger partial charge >= 0.3 is 12.4 Å². The van der Waals surface area contributed by atoms with Crippen molar-refractivity contribution in [2.75, 3.05) is 13.1 Å². The number of amides is 1. The summed E-state index contributed by atoms with van der Waals surface area (Å²) in [5, 5.41) is 0. The zero-order valence-electron chi connectivity index (χ0n) is 18.0. The standard InChI is InChI=1S/C23H27F6NO/c1-13(2)11-30(12-14-5-6-16-10-19(14)21(16,3)4)20(31)15-7-17(22(24,25)26)9-18(8-15)23(27,28)29/h5,7-9,13,16,19H,6,10-12H2,1-4H3. The summed E-state index contributed by atoms with van der Waals surface area (Å²) in [6.45, 7) is 8.49. The van der Waals surface area contributed by atoms with Gasteiger partial charge in [0.05, 0.1) is 11.1 Å². The number of carbonyl (C=O) groups is 1. The molecule has 1 fully saturated rings. The Kier molecular flexibility index (Phi) is 6.00. The highest BCUT2D eigenvalue weighted by molar-refractivity contribution is 5.95. The molecule has 0 aromatic heterocycles. The third kappa shape index (κ3) is 4.77. The first-order chi connectivity index (χ1) is 14.1. The number of hydrogen-bond donors (Lipinski definition) is 0. The van der Waals surface area contributed by atoms with Gasteiger partial charge in [0.1, 0.15) is 0 Å². The summed E-state index contributed by atoms with van der Waals surface area (Å²) < 4.78 is 79.3. The lowest BCUT2D eigenvalue weighted by Crippen LogP contribution is -2.50. The molecule has 2 unspecified atom stereocenters. The molecule has 1 amide bonds. The number of benzene rings is 1. The van der Waals surface area contributed by atoms with E-state index >= 15 is 0 Å². The van der Waals surface area contributed by atoms with Gasteiger partial charge in [0.15, 0.2) is 0 Å². The lowest BCUT2D eigenvalue weighted by atomic mass is 9.49. The number of nitrogens with zero attached hydrogens (tertiary/aromatic N) is 1. The maximum absolute atomic E-state index is 13.2. The zero-order chi connectivity index (χ0) is 23.4. The topological polar surface area (TPSA) is 20.3 Å². The van der Waals surface area contributed by atoms with Gasteiger partial charge in [0, 0.05) is 18.7 Å². The third-order valence-corrected chi connectivity index (χ3v) is 6.66. The van der Waals surface area contributed by atoms with E-state index < -0.39 is 35.0 Å². The average Bonchev–Trinajstić information content (AvgIpc) is 2.64. The second kappa shape index (κ2) is 7.85. The van der Waals surface area contributed by atoms with Gasteiger partial charge in [-0.15, -0.1) is 0 Å². The molecule has 2 atom stereocenters. The fraction of sp³-hybridized carbons (Fsp3) is 0.609. The Morgan fingerprint density at radius 2 is 1.61 bits per heavy atom. The minimum Gasteiger partial charge on any atom is -0.334 e. The van der Waals surface area contributed by atoms with E-state index in [0.29, 0.717) is 18.1 Å². The van der Waals surface area contributed by atoms with Crippen LogP contribution in [0.2, 0.25) is 0 Å². The van der Waals surface area contributed by atoms with E-state index in [1.165, 1.54) is 4.90 Å². The summed E-state index contributed by atoms with van der Waals surface area (Å²) in [5.41, 5.74) is -2.41. The number of allylic oxidation sites excluding steroid dienone is 1. The van der Waals surface area contributed by atoms with Crippen LogP contribution >= 0.6 is 0 Å². The molecule has 3 aliphatic rings. The molecule has 1 saturated carbocycles. The van der Waals surface area contributed by atoms with Crippen LogP contribution in [0.1, 0.15) is 62.0 Å². The quantitative estimate of drug-likeness (QED) is 0.359. The summed E-state index contributed by atoms with van der Waals surface area (Å²) in [6, 6.07) is 1.08. The Bertz CT molecular complexity index is 849. The van der Waals surface area contributed by atoms with Crippen LogP contribution in [0.15, 0.2) is 29.8 Å². The third-order valence-electron chi connectivity index (χ3n) is 6.66. The van der Waals surface area contributed by atoms with Crippen molar-refractivity contribution in [1.82, 2.24) is 4.90 Å². The van der Waals surface area contributed by atoms with Crippen LogP contribution in [0, 0.1) is 23.2 Å². The van der Waals surface area contributed by atoms with Crippen molar-refractivity contribution < 1.29 is 31.1 Å². The molecule has 3 aliphatic carbocycles. The van der Waals surface area contributed by atoms with Crippen molar-refractivity contribution in [1.29, 1.82) is 0 Å². The zero-order valence-corrected chi connectivity index (χ0v) is 18.0. The SMILES string of the molecule is CC(C)CN(CC1=CCC2CC1C2(C)C)C(=O)c1cc(C(F)(F)F)cc(C(F)(F)F)c1. The molecule has 2 nitrogen and oxygen atoms in total. The summed E-state index contributed by atoms with van der Waals surface area (Å²) in [5.74, 6) is 0.0443. The lowest BCUT2D eigenvalue weighted by Gasteiger charge is -2.57. The van der Waals surface area contributed by atoms with Crippen LogP contribution < -0.4 is 0 Å². The van der Waals surface area contributed by atoms with Gasteiger partial charge in [-0.2, -0.15) is 26.3 Å². The van der Waals surface area contributed by atoms with E-state index in [1.54, 1.807) is 0 Å². The Morgan fingerprint density at radius 3 is 2.03 bits per heavy atom. The molecule has 0 saturated heterocycles. The monoisotopic (exact) mass is 447 g/mol. The van der Waals surface area contributed by atoms with E-state index in [2.05, 4.69) is 19.9 Å². The molecule has 1 aromatic rings. The first-order valence-corrected chi connectivity index (χ1v) is 10.4. The highest BCUT2D eigenvalue weighted by atomic mass is 19.4. The van der Waals surface area contributed by atoms with Gasteiger partial charge < -0.3 is 4.90 Å². The molecule has 31 heavy (non-hydrogen) atoms. The van der Waals surface area contributed by atoms with Crippen LogP contribution in [0.3, 0.4) is 0 Å². The molecule has 0 aliphatic heterocycles. The summed E-state index contributed by atoms with van der Waals surface area (Å²) in [4.78, 5) is 14.5. The van der Waals surface area contributed by atoms with Crippen LogP contribution in [0.5, 0.6) is 0 Å². The molecule has 0 N–H and O–H groups in total. The smallest absolute Gasteiger partial charge is 0.334 e. The van der Waals surface area contributed by atoms with E-state index in [4.69, 9.17) is 0 Å². The minimum atomic E-state index is -4.99. The van der Waals surface area contributed by atoms with E-state index in [-0.39, 0.29) is 36.4 Å². The summed E-state index contributed by atoms with van der Waals surface area (Å²) in [6.07, 6.45) is -6.02. The fourth-order valence-electron chi connectivity index (χ4n) is 4.80. The number of hydrogen-bond acceptors (Lipinski definition) is 1. The summed E-state index contributed by atoms with van der Waals surface area (Å²) in [7, 11) is 0. The molecule has 1 aromatic carbocycles. The van der Waals surface area contributed by atoms with Gasteiger partial charge in [0.2, 0.25) is 0 Å². The number of halogens is 6. The molecule has 0 heterocycles. The number of carbonyl (C=O) groups excluding carboxylic acids is 1. The van der Waals surface area contributed by atoms with Crippen molar-refractivity contribution in [2.45, 2.75) is 52.9 Å². The molecule has 0 radical (unpaired) electrons. The maximum Gasteiger partial charge on any atom is 0.416 e. The predicted octanol–water partition coefficient (Wildman–Crippen LogP) is 6.81. The van der Waals surface area contributed by atoms with Crippen LogP contribution in [-0.4, -0.2) is 23.9 Å². The molecule has 0 spiro atoms. The highest BCUT2D eigenvalue weighted by Gasteiger charge is 2.51. The predicted molar refractivity (Wildman–Crippen MR) is 105 cm³/mol. The highest BCUT2D eigenvalue weighted by Crippen LogP contribution is 2.59. The van der Waals surface area contributed by atoms with E-state index in [9.17, 15) is 31.1 Å². The Balaban J connectivity index is 1.96. The first-order valence-electron chi connectivity index (χ1n) is 10.4. The largest absolute Gasteiger partial charge is 0.416 e. The van der Waals surface area contributed by atoms with Crippen LogP contribution in [-0.2, 0) is 12.4 Å². The summed E-state index contributed by atoms with van der Waals surface area (Å²) >= 11 is 0. The molecule has 8 heteroatoms. The molecule has 2 bridgehead atoms. The Hall–Kier alpha value is -1.99. The lowest BCUT2D eigenvalue weighted by molar-refractivity contribution is -0.143. The van der Waals surface area contributed by atoms with Crippen molar-refractivity contribution >= 4 is 5.91 Å². The van der Waals surface area contributed by atoms with Gasteiger partial charge in [-0.3, -0.25) is 4.79 Å². The number of fused-ring (bicyclic) bond motifs is 1. The average molecular weight is 447 g/mol. The van der Waals surface area contributed by atoms with Gasteiger partial charge in [-0.25, -0.2) is 0 Å². The fourth-order valence-corrected chi connectivity index (χ4v) is 4.80. The van der Waals surface area contributed by atoms with Crippen LogP contribution in [0.25, 0.3) is 0 Å². The van der Waals surface area contributed by atoms with Crippen LogP contribution in [0.4, 0.5) is 26.3 Å². The molecular formula is C23H27F6NO. The van der Waals surface area contributed by atoms with E-state index in [1.807, 2.05) is 13.8 Å². The second-order valence-corrected chi connectivity index (χ2v) is 9.70. The van der Waals surface area contributed by atoms with Gasteiger partial charge in [0.25, 0.3) is 5.91 Å². The van der Waals surface area contributed by atoms with Crippen molar-refractivity contribution in [3.8, 4) is 0 Å². The second-order valence-electron chi connectivity index (χ2n) is 9.70. The Morgan fingerprint density at radius 1 is 1.06 bits per heavy atom. The normalized spacial score (nSPS) is 22.7. The number of rotatable bonds is 5. The minimum absolute atomic E-state index is 0.00294.